The average molecular weight is 413 g/mol. The van der Waals surface area contributed by atoms with Crippen LogP contribution >= 0.6 is 11.3 Å². The van der Waals surface area contributed by atoms with E-state index in [4.69, 9.17) is 13.9 Å². The summed E-state index contributed by atoms with van der Waals surface area (Å²) in [4.78, 5) is 28.3. The standard InChI is InChI=1S/C21H19NO6S/c1-26-9-8-22-17(15-7-4-10-29-15)16(19(24)21(22)25)18(23)14-11-12-5-3-6-13(27-2)20(12)28-14/h3-7,10-11,17,24H,8-9H2,1-2H3. The summed E-state index contributed by atoms with van der Waals surface area (Å²) < 4.78 is 16.1. The van der Waals surface area contributed by atoms with Gasteiger partial charge in [-0.05, 0) is 23.6 Å². The number of nitrogens with zero attached hydrogens (tertiary/aromatic N) is 1. The highest BCUT2D eigenvalue weighted by atomic mass is 32.1. The summed E-state index contributed by atoms with van der Waals surface area (Å²) in [6.45, 7) is 0.525. The number of ether oxygens (including phenoxy) is 2. The predicted octanol–water partition coefficient (Wildman–Crippen LogP) is 3.73. The van der Waals surface area contributed by atoms with Crippen molar-refractivity contribution in [1.29, 1.82) is 0 Å². The summed E-state index contributed by atoms with van der Waals surface area (Å²) in [6.07, 6.45) is 0. The van der Waals surface area contributed by atoms with E-state index in [0.29, 0.717) is 16.7 Å². The number of methoxy groups -OCH3 is 2. The van der Waals surface area contributed by atoms with E-state index in [9.17, 15) is 14.7 Å². The number of carbonyl (C=O) groups is 2. The molecule has 4 rings (SSSR count). The summed E-state index contributed by atoms with van der Waals surface area (Å²) >= 11 is 1.41. The fraction of sp³-hybridized carbons (Fsp3) is 0.238. The number of aliphatic hydroxyl groups is 1. The molecule has 7 nitrogen and oxygen atoms in total. The summed E-state index contributed by atoms with van der Waals surface area (Å²) in [5.41, 5.74) is 0.443. The Labute approximate surface area is 170 Å². The first-order chi connectivity index (χ1) is 14.1. The van der Waals surface area contributed by atoms with Crippen molar-refractivity contribution >= 4 is 34.0 Å². The molecule has 1 amide bonds. The first-order valence-corrected chi connectivity index (χ1v) is 9.82. The maximum Gasteiger partial charge on any atom is 0.290 e. The zero-order valence-electron chi connectivity index (χ0n) is 15.9. The van der Waals surface area contributed by atoms with Crippen LogP contribution in [0.15, 0.2) is 57.5 Å². The number of hydrogen-bond donors (Lipinski definition) is 1. The zero-order valence-corrected chi connectivity index (χ0v) is 16.7. The van der Waals surface area contributed by atoms with Crippen molar-refractivity contribution in [2.24, 2.45) is 0 Å². The molecule has 2 aromatic heterocycles. The molecule has 0 radical (unpaired) electrons. The van der Waals surface area contributed by atoms with E-state index in [2.05, 4.69) is 0 Å². The highest BCUT2D eigenvalue weighted by Crippen LogP contribution is 2.41. The van der Waals surface area contributed by atoms with Gasteiger partial charge in [-0.15, -0.1) is 11.3 Å². The van der Waals surface area contributed by atoms with Crippen molar-refractivity contribution in [3.05, 3.63) is 63.7 Å². The zero-order chi connectivity index (χ0) is 20.5. The molecule has 0 bridgehead atoms. The Morgan fingerprint density at radius 3 is 2.79 bits per heavy atom. The lowest BCUT2D eigenvalue weighted by molar-refractivity contribution is -0.130. The molecule has 1 N–H and O–H groups in total. The fourth-order valence-electron chi connectivity index (χ4n) is 3.49. The topological polar surface area (TPSA) is 89.2 Å². The Kier molecular flexibility index (Phi) is 5.12. The molecule has 3 heterocycles. The minimum absolute atomic E-state index is 0.00609. The quantitative estimate of drug-likeness (QED) is 0.594. The highest BCUT2D eigenvalue weighted by Gasteiger charge is 2.44. The first-order valence-electron chi connectivity index (χ1n) is 8.94. The van der Waals surface area contributed by atoms with Gasteiger partial charge in [0.2, 0.25) is 5.78 Å². The fourth-order valence-corrected chi connectivity index (χ4v) is 4.34. The Morgan fingerprint density at radius 2 is 2.10 bits per heavy atom. The van der Waals surface area contributed by atoms with Crippen molar-refractivity contribution in [2.75, 3.05) is 27.4 Å². The molecule has 8 heteroatoms. The molecule has 1 atom stereocenters. The SMILES string of the molecule is COCCN1C(=O)C(O)=C(C(=O)c2cc3cccc(OC)c3o2)C1c1cccs1. The predicted molar refractivity (Wildman–Crippen MR) is 107 cm³/mol. The second kappa shape index (κ2) is 7.73. The minimum atomic E-state index is -0.694. The van der Waals surface area contributed by atoms with Gasteiger partial charge in [-0.25, -0.2) is 0 Å². The van der Waals surface area contributed by atoms with E-state index in [0.717, 1.165) is 4.88 Å². The number of ketones is 1. The number of para-hydroxylation sites is 1. The van der Waals surface area contributed by atoms with Gasteiger partial charge in [0, 0.05) is 23.9 Å². The van der Waals surface area contributed by atoms with Gasteiger partial charge in [0.25, 0.3) is 5.91 Å². The number of thiophene rings is 1. The highest BCUT2D eigenvalue weighted by molar-refractivity contribution is 7.10. The molecule has 1 aliphatic rings. The van der Waals surface area contributed by atoms with Crippen molar-refractivity contribution in [3.63, 3.8) is 0 Å². The van der Waals surface area contributed by atoms with Gasteiger partial charge in [-0.2, -0.15) is 0 Å². The number of hydrogen-bond acceptors (Lipinski definition) is 7. The number of carbonyl (C=O) groups excluding carboxylic acids is 2. The van der Waals surface area contributed by atoms with Crippen LogP contribution in [0.5, 0.6) is 5.75 Å². The van der Waals surface area contributed by atoms with Crippen LogP contribution in [0.25, 0.3) is 11.0 Å². The van der Waals surface area contributed by atoms with Crippen LogP contribution in [0.1, 0.15) is 21.5 Å². The molecule has 0 saturated heterocycles. The van der Waals surface area contributed by atoms with Gasteiger partial charge in [0.1, 0.15) is 0 Å². The monoisotopic (exact) mass is 413 g/mol. The molecule has 1 aromatic carbocycles. The number of Topliss-reactive ketones (excluding diaryl/α,β-unsaturated/α-hetero) is 1. The Balaban J connectivity index is 1.79. The number of amides is 1. The summed E-state index contributed by atoms with van der Waals surface area (Å²) in [6, 6.07) is 9.89. The van der Waals surface area contributed by atoms with Gasteiger partial charge in [-0.1, -0.05) is 18.2 Å². The molecular formula is C21H19NO6S. The van der Waals surface area contributed by atoms with E-state index in [-0.39, 0.29) is 24.5 Å². The molecule has 1 aliphatic heterocycles. The molecule has 1 unspecified atom stereocenters. The number of aliphatic hydroxyl groups excluding tert-OH is 1. The van der Waals surface area contributed by atoms with Crippen molar-refractivity contribution in [2.45, 2.75) is 6.04 Å². The third-order valence-corrected chi connectivity index (χ3v) is 5.77. The third-order valence-electron chi connectivity index (χ3n) is 4.85. The Bertz CT molecular complexity index is 1100. The van der Waals surface area contributed by atoms with Crippen molar-refractivity contribution < 1.29 is 28.6 Å². The Morgan fingerprint density at radius 1 is 1.28 bits per heavy atom. The van der Waals surface area contributed by atoms with Crippen LogP contribution in [0.4, 0.5) is 0 Å². The lowest BCUT2D eigenvalue weighted by atomic mass is 10.00. The van der Waals surface area contributed by atoms with Gasteiger partial charge in [0.05, 0.1) is 25.3 Å². The first kappa shape index (κ1) is 19.2. The summed E-state index contributed by atoms with van der Waals surface area (Å²) in [5.74, 6) is -1.16. The maximum absolute atomic E-state index is 13.3. The molecule has 0 aliphatic carbocycles. The lowest BCUT2D eigenvalue weighted by Crippen LogP contribution is -2.33. The largest absolute Gasteiger partial charge is 0.503 e. The average Bonchev–Trinajstić information content (AvgIpc) is 3.45. The number of benzene rings is 1. The molecule has 0 fully saturated rings. The normalized spacial score (nSPS) is 16.8. The van der Waals surface area contributed by atoms with E-state index in [1.54, 1.807) is 24.3 Å². The molecule has 29 heavy (non-hydrogen) atoms. The van der Waals surface area contributed by atoms with Crippen LogP contribution in [0, 0.1) is 0 Å². The summed E-state index contributed by atoms with van der Waals surface area (Å²) in [7, 11) is 3.05. The molecule has 150 valence electrons. The molecule has 0 spiro atoms. The molecular weight excluding hydrogens is 394 g/mol. The third kappa shape index (κ3) is 3.20. The second-order valence-corrected chi connectivity index (χ2v) is 7.47. The number of fused-ring (bicyclic) bond motifs is 1. The van der Waals surface area contributed by atoms with Crippen LogP contribution < -0.4 is 4.74 Å². The minimum Gasteiger partial charge on any atom is -0.503 e. The summed E-state index contributed by atoms with van der Waals surface area (Å²) in [5, 5.41) is 13.1. The second-order valence-electron chi connectivity index (χ2n) is 6.49. The lowest BCUT2D eigenvalue weighted by Gasteiger charge is -2.25. The van der Waals surface area contributed by atoms with Gasteiger partial charge in [0.15, 0.2) is 22.9 Å². The van der Waals surface area contributed by atoms with Crippen molar-refractivity contribution in [1.82, 2.24) is 4.90 Å². The van der Waals surface area contributed by atoms with Crippen LogP contribution in [-0.4, -0.2) is 49.1 Å². The molecule has 3 aromatic rings. The van der Waals surface area contributed by atoms with Crippen molar-refractivity contribution in [3.8, 4) is 5.75 Å². The number of furan rings is 1. The van der Waals surface area contributed by atoms with Gasteiger partial charge < -0.3 is 23.9 Å². The van der Waals surface area contributed by atoms with E-state index < -0.39 is 23.5 Å². The van der Waals surface area contributed by atoms with E-state index in [1.165, 1.54) is 30.5 Å². The molecule has 0 saturated carbocycles. The number of rotatable bonds is 7. The Hall–Kier alpha value is -3.10. The van der Waals surface area contributed by atoms with Crippen LogP contribution in [0.2, 0.25) is 0 Å². The van der Waals surface area contributed by atoms with E-state index >= 15 is 0 Å². The smallest absolute Gasteiger partial charge is 0.290 e. The van der Waals surface area contributed by atoms with Gasteiger partial charge in [-0.3, -0.25) is 9.59 Å². The van der Waals surface area contributed by atoms with Crippen LogP contribution in [-0.2, 0) is 9.53 Å². The van der Waals surface area contributed by atoms with E-state index in [1.807, 2.05) is 17.5 Å². The van der Waals surface area contributed by atoms with Gasteiger partial charge >= 0.3 is 0 Å². The maximum atomic E-state index is 13.3. The van der Waals surface area contributed by atoms with Crippen LogP contribution in [0.3, 0.4) is 0 Å².